The molecule has 0 radical (unpaired) electrons. The van der Waals surface area contributed by atoms with Gasteiger partial charge in [0.2, 0.25) is 0 Å². The number of carbonyl (C=O) groups is 5. The van der Waals surface area contributed by atoms with Crippen molar-refractivity contribution < 1.29 is 88.8 Å². The summed E-state index contributed by atoms with van der Waals surface area (Å²) in [6, 6.07) is 25.2. The average Bonchev–Trinajstić information content (AvgIpc) is 2.98. The smallest absolute Gasteiger partial charge is 0.322 e. The number of urea groups is 1. The maximum absolute atomic E-state index is 13.7. The van der Waals surface area contributed by atoms with Crippen molar-refractivity contribution in [2.45, 2.75) is 45.2 Å². The van der Waals surface area contributed by atoms with E-state index >= 15 is 0 Å². The Balaban J connectivity index is 0.933. The van der Waals surface area contributed by atoms with E-state index in [9.17, 15) is 88.8 Å². The van der Waals surface area contributed by atoms with E-state index in [1.165, 1.54) is 97.9 Å². The first-order chi connectivity index (χ1) is 38.6. The van der Waals surface area contributed by atoms with E-state index in [4.69, 9.17) is 0 Å². The van der Waals surface area contributed by atoms with Gasteiger partial charge in [0.25, 0.3) is 74.2 Å². The van der Waals surface area contributed by atoms with Crippen LogP contribution in [0.15, 0.2) is 158 Å². The molecule has 0 aromatic heterocycles. The molecule has 0 saturated carbocycles. The van der Waals surface area contributed by atoms with Gasteiger partial charge in [0, 0.05) is 72.2 Å². The summed E-state index contributed by atoms with van der Waals surface area (Å²) in [5.41, 5.74) is 1.02. The first-order valence-corrected chi connectivity index (χ1v) is 30.6. The van der Waals surface area contributed by atoms with Crippen molar-refractivity contribution in [3.05, 3.63) is 172 Å². The molecule has 0 unspecified atom stereocenters. The number of hydrogen-bond donors (Lipinski definition) is 11. The van der Waals surface area contributed by atoms with Crippen LogP contribution >= 0.6 is 0 Å². The second-order valence-corrected chi connectivity index (χ2v) is 25.2. The number of hydrogen-bond acceptors (Lipinski definition) is 15. The molecule has 0 aliphatic rings. The van der Waals surface area contributed by atoms with Crippen molar-refractivity contribution in [3.63, 3.8) is 0 Å². The number of aryl methyl sites for hydroxylation is 3. The third-order valence-corrected chi connectivity index (χ3v) is 16.8. The largest absolute Gasteiger partial charge is 0.323 e. The molecule has 8 aromatic rings. The molecule has 6 amide bonds. The molecule has 8 aromatic carbocycles. The van der Waals surface area contributed by atoms with Crippen molar-refractivity contribution in [3.8, 4) is 0 Å². The first-order valence-electron chi connectivity index (χ1n) is 23.4. The Bertz CT molecular complexity index is 4750. The molecule has 26 nitrogen and oxygen atoms in total. The predicted molar refractivity (Wildman–Crippen MR) is 301 cm³/mol. The van der Waals surface area contributed by atoms with Gasteiger partial charge in [-0.05, 0) is 147 Å². The highest BCUT2D eigenvalue weighted by atomic mass is 32.2. The average molecular weight is 1230 g/mol. The summed E-state index contributed by atoms with van der Waals surface area (Å²) in [4.78, 5) is 63.0. The molecule has 0 aliphatic carbocycles. The summed E-state index contributed by atoms with van der Waals surface area (Å²) in [6.07, 6.45) is 0. The van der Waals surface area contributed by atoms with Gasteiger partial charge in [-0.1, -0.05) is 24.3 Å². The van der Waals surface area contributed by atoms with Crippen molar-refractivity contribution >= 4 is 136 Å². The van der Waals surface area contributed by atoms with Crippen LogP contribution in [0.5, 0.6) is 0 Å². The number of benzene rings is 8. The van der Waals surface area contributed by atoms with Crippen LogP contribution in [-0.2, 0) is 50.6 Å². The van der Waals surface area contributed by atoms with E-state index in [1.807, 2.05) is 0 Å². The zero-order valence-electron chi connectivity index (χ0n) is 42.6. The molecule has 430 valence electrons. The van der Waals surface area contributed by atoms with E-state index in [2.05, 4.69) is 31.9 Å². The normalized spacial score (nSPS) is 12.1. The number of amides is 6. The second kappa shape index (κ2) is 22.4. The third kappa shape index (κ3) is 13.5. The Labute approximate surface area is 471 Å². The summed E-state index contributed by atoms with van der Waals surface area (Å²) in [7, 11) is -25.6. The van der Waals surface area contributed by atoms with Gasteiger partial charge in [0.15, 0.2) is 0 Å². The summed E-state index contributed by atoms with van der Waals surface area (Å²) >= 11 is 0. The van der Waals surface area contributed by atoms with Crippen LogP contribution in [0.25, 0.3) is 21.5 Å². The fourth-order valence-corrected chi connectivity index (χ4v) is 11.8. The highest BCUT2D eigenvalue weighted by molar-refractivity contribution is 7.87. The zero-order valence-corrected chi connectivity index (χ0v) is 46.7. The van der Waals surface area contributed by atoms with E-state index in [0.29, 0.717) is 29.3 Å². The van der Waals surface area contributed by atoms with Crippen LogP contribution in [0.4, 0.5) is 38.9 Å². The van der Waals surface area contributed by atoms with Crippen molar-refractivity contribution in [1.82, 2.24) is 0 Å². The quantitative estimate of drug-likeness (QED) is 0.0436. The fraction of sp³-hybridized carbons (Fsp3) is 0.0577. The van der Waals surface area contributed by atoms with E-state index < -0.39 is 121 Å². The van der Waals surface area contributed by atoms with Gasteiger partial charge in [-0.25, -0.2) is 4.79 Å². The lowest BCUT2D eigenvalue weighted by Gasteiger charge is -2.16. The molecule has 0 atom stereocenters. The number of nitrogens with one attached hydrogen (secondary N) is 6. The Hall–Kier alpha value is -9.02. The monoisotopic (exact) mass is 1230 g/mol. The van der Waals surface area contributed by atoms with E-state index in [-0.39, 0.29) is 67.0 Å². The van der Waals surface area contributed by atoms with Crippen molar-refractivity contribution in [2.75, 3.05) is 31.9 Å². The van der Waals surface area contributed by atoms with E-state index in [0.717, 1.165) is 24.3 Å². The molecule has 0 fully saturated rings. The van der Waals surface area contributed by atoms with Crippen LogP contribution in [0, 0.1) is 20.8 Å². The molecule has 31 heteroatoms. The standard InChI is InChI=1S/C52H42N6O20S5/c1-26-10-12-31(50(61)55-39-14-16-43(81(70,71)72)37-23-35(79(64,65)66)18-28(3)46(37)39)21-41(26)57-48(59)29-6-4-8-33(19-29)53-52(63)54-34-9-5-7-30(20-34)49(60)58-42-22-32(13-11-27(42)2)51(62)56-40-15-17-44(82(73,74)75)38-24-36(80(67,68)69)25-45(47(38)40)83(76,77)78/h4-25H,1-3H3,(H,55,61)(H,56,62)(H,57,59)(H,58,60)(H2,53,54,63)(H,64,65,66)(H,67,68,69)(H,70,71,72)(H,73,74,75)(H,76,77,78). The highest BCUT2D eigenvalue weighted by Gasteiger charge is 2.28. The topological polar surface area (TPSA) is 429 Å². The second-order valence-electron chi connectivity index (χ2n) is 18.2. The maximum Gasteiger partial charge on any atom is 0.323 e. The van der Waals surface area contributed by atoms with Gasteiger partial charge < -0.3 is 31.9 Å². The van der Waals surface area contributed by atoms with Gasteiger partial charge >= 0.3 is 6.03 Å². The van der Waals surface area contributed by atoms with Crippen LogP contribution in [0.1, 0.15) is 58.1 Å². The molecular formula is C52H42N6O20S5. The van der Waals surface area contributed by atoms with Crippen LogP contribution in [0.2, 0.25) is 0 Å². The Kier molecular flexibility index (Phi) is 16.2. The van der Waals surface area contributed by atoms with Crippen LogP contribution in [0.3, 0.4) is 0 Å². The summed E-state index contributed by atoms with van der Waals surface area (Å²) in [5, 5.41) is 13.6. The van der Waals surface area contributed by atoms with Crippen molar-refractivity contribution in [1.29, 1.82) is 0 Å². The van der Waals surface area contributed by atoms with Gasteiger partial charge in [0.1, 0.15) is 14.7 Å². The minimum Gasteiger partial charge on any atom is -0.322 e. The summed E-state index contributed by atoms with van der Waals surface area (Å²) in [6.45, 7) is 4.62. The molecule has 0 heterocycles. The lowest BCUT2D eigenvalue weighted by Crippen LogP contribution is -2.21. The third-order valence-electron chi connectivity index (χ3n) is 12.4. The molecule has 8 rings (SSSR count). The number of carbonyl (C=O) groups excluding carboxylic acids is 5. The summed E-state index contributed by atoms with van der Waals surface area (Å²) in [5.74, 6) is -3.14. The fourth-order valence-electron chi connectivity index (χ4n) is 8.54. The van der Waals surface area contributed by atoms with Gasteiger partial charge in [-0.2, -0.15) is 42.1 Å². The first kappa shape index (κ1) is 60.1. The van der Waals surface area contributed by atoms with Gasteiger partial charge in [0.05, 0.1) is 15.5 Å². The minimum absolute atomic E-state index is 0.00903. The summed E-state index contributed by atoms with van der Waals surface area (Å²) < 4.78 is 171. The lowest BCUT2D eigenvalue weighted by molar-refractivity contribution is 0.101. The molecule has 11 N–H and O–H groups in total. The Morgan fingerprint density at radius 3 is 1.08 bits per heavy atom. The maximum atomic E-state index is 13.7. The molecule has 83 heavy (non-hydrogen) atoms. The Morgan fingerprint density at radius 2 is 0.687 bits per heavy atom. The lowest BCUT2D eigenvalue weighted by atomic mass is 10.0. The zero-order chi connectivity index (χ0) is 60.9. The number of rotatable bonds is 15. The number of fused-ring (bicyclic) bond motifs is 2. The van der Waals surface area contributed by atoms with Gasteiger partial charge in [-0.3, -0.25) is 41.9 Å². The molecular weight excluding hydrogens is 1190 g/mol. The SMILES string of the molecule is Cc1ccc(C(=O)Nc2ccc(S(=O)(=O)O)c3cc(S(=O)(=O)O)cc(C)c23)cc1NC(=O)c1cccc(NC(=O)Nc2cccc(C(=O)Nc3cc(C(=O)Nc4ccc(S(=O)(=O)O)c5cc(S(=O)(=O)O)cc(S(=O)(=O)O)c45)ccc3C)c2)c1. The van der Waals surface area contributed by atoms with Crippen LogP contribution in [-0.4, -0.2) is 94.5 Å². The molecule has 0 spiro atoms. The Morgan fingerprint density at radius 1 is 0.325 bits per heavy atom. The molecule has 0 bridgehead atoms. The highest BCUT2D eigenvalue weighted by Crippen LogP contribution is 2.38. The van der Waals surface area contributed by atoms with E-state index in [1.54, 1.807) is 13.8 Å². The van der Waals surface area contributed by atoms with Crippen LogP contribution < -0.4 is 31.9 Å². The molecule has 0 saturated heterocycles. The molecule has 0 aliphatic heterocycles. The number of anilines is 6. The van der Waals surface area contributed by atoms with Gasteiger partial charge in [-0.15, -0.1) is 0 Å². The van der Waals surface area contributed by atoms with Crippen molar-refractivity contribution in [2.24, 2.45) is 0 Å². The predicted octanol–water partition coefficient (Wildman–Crippen LogP) is 7.80. The minimum atomic E-state index is -5.43.